The number of ether oxygens (including phenoxy) is 2. The molecule has 7 heteroatoms. The smallest absolute Gasteiger partial charge is 0.148 e. The highest BCUT2D eigenvalue weighted by atomic mass is 32.2. The van der Waals surface area contributed by atoms with Crippen LogP contribution in [0.15, 0.2) is 18.2 Å². The van der Waals surface area contributed by atoms with Crippen LogP contribution >= 0.6 is 11.8 Å². The second-order valence-electron chi connectivity index (χ2n) is 4.42. The Morgan fingerprint density at radius 2 is 2.00 bits per heavy atom. The Morgan fingerprint density at radius 3 is 2.55 bits per heavy atom. The summed E-state index contributed by atoms with van der Waals surface area (Å²) in [6.07, 6.45) is 1.23. The van der Waals surface area contributed by atoms with E-state index < -0.39 is 9.84 Å². The van der Waals surface area contributed by atoms with Crippen molar-refractivity contribution < 1.29 is 17.9 Å². The van der Waals surface area contributed by atoms with Crippen molar-refractivity contribution in [2.24, 2.45) is 5.73 Å². The first-order valence-electron chi connectivity index (χ1n) is 6.10. The summed E-state index contributed by atoms with van der Waals surface area (Å²) >= 11 is 1.52. The third-order valence-electron chi connectivity index (χ3n) is 2.73. The van der Waals surface area contributed by atoms with Crippen molar-refractivity contribution in [3.05, 3.63) is 23.8 Å². The second kappa shape index (κ2) is 7.75. The predicted molar refractivity (Wildman–Crippen MR) is 83.5 cm³/mol. The van der Waals surface area contributed by atoms with Crippen LogP contribution in [0.4, 0.5) is 0 Å². The fraction of sp³-hybridized carbons (Fsp3) is 0.538. The molecule has 0 radical (unpaired) electrons. The van der Waals surface area contributed by atoms with Crippen molar-refractivity contribution in [2.45, 2.75) is 6.04 Å². The van der Waals surface area contributed by atoms with Gasteiger partial charge in [-0.05, 0) is 18.2 Å². The Hall–Kier alpha value is -0.920. The lowest BCUT2D eigenvalue weighted by Crippen LogP contribution is -2.15. The number of rotatable bonds is 8. The molecule has 0 bridgehead atoms. The van der Waals surface area contributed by atoms with E-state index in [1.54, 1.807) is 14.2 Å². The normalized spacial score (nSPS) is 13.0. The molecule has 0 aliphatic carbocycles. The average molecular weight is 319 g/mol. The predicted octanol–water partition coefficient (Wildman–Crippen LogP) is 1.48. The second-order valence-corrected chi connectivity index (χ2v) is 7.83. The summed E-state index contributed by atoms with van der Waals surface area (Å²) in [6.45, 7) is 0. The van der Waals surface area contributed by atoms with Crippen LogP contribution in [0.3, 0.4) is 0 Å². The summed E-state index contributed by atoms with van der Waals surface area (Å²) in [6, 6.07) is 5.24. The van der Waals surface area contributed by atoms with E-state index in [4.69, 9.17) is 15.2 Å². The molecule has 5 nitrogen and oxygen atoms in total. The molecular formula is C13H21NO4S2. The number of nitrogens with two attached hydrogens (primary N) is 1. The van der Waals surface area contributed by atoms with Crippen LogP contribution in [0.25, 0.3) is 0 Å². The molecule has 1 atom stereocenters. The van der Waals surface area contributed by atoms with Gasteiger partial charge in [0.2, 0.25) is 0 Å². The van der Waals surface area contributed by atoms with Gasteiger partial charge in [0.15, 0.2) is 0 Å². The molecule has 0 aliphatic heterocycles. The van der Waals surface area contributed by atoms with Crippen molar-refractivity contribution in [3.8, 4) is 11.5 Å². The van der Waals surface area contributed by atoms with Gasteiger partial charge in [0, 0.05) is 29.4 Å². The zero-order valence-corrected chi connectivity index (χ0v) is 13.6. The molecule has 2 N–H and O–H groups in total. The number of thioether (sulfide) groups is 1. The van der Waals surface area contributed by atoms with Gasteiger partial charge in [-0.1, -0.05) is 0 Å². The maximum absolute atomic E-state index is 11.0. The van der Waals surface area contributed by atoms with Crippen molar-refractivity contribution in [3.63, 3.8) is 0 Å². The van der Waals surface area contributed by atoms with Gasteiger partial charge in [-0.15, -0.1) is 0 Å². The Kier molecular flexibility index (Phi) is 6.64. The van der Waals surface area contributed by atoms with Crippen LogP contribution in [0.1, 0.15) is 11.6 Å². The molecule has 114 valence electrons. The van der Waals surface area contributed by atoms with Gasteiger partial charge >= 0.3 is 0 Å². The summed E-state index contributed by atoms with van der Waals surface area (Å²) in [5.41, 5.74) is 7.00. The Morgan fingerprint density at radius 1 is 1.30 bits per heavy atom. The molecule has 1 aromatic rings. The van der Waals surface area contributed by atoms with E-state index >= 15 is 0 Å². The summed E-state index contributed by atoms with van der Waals surface area (Å²) in [5, 5.41) is 0. The van der Waals surface area contributed by atoms with E-state index in [1.807, 2.05) is 18.2 Å². The van der Waals surface area contributed by atoms with Gasteiger partial charge in [0.05, 0.1) is 20.0 Å². The number of methoxy groups -OCH3 is 2. The molecule has 1 unspecified atom stereocenters. The standard InChI is InChI=1S/C13H21NO4S2/c1-17-10-4-5-13(18-2)11(8-10)12(14)9-19-6-7-20(3,15)16/h4-5,8,12H,6-7,9,14H2,1-3H3. The van der Waals surface area contributed by atoms with Crippen LogP contribution < -0.4 is 15.2 Å². The molecular weight excluding hydrogens is 298 g/mol. The van der Waals surface area contributed by atoms with E-state index in [-0.39, 0.29) is 11.8 Å². The molecule has 0 amide bonds. The molecule has 0 spiro atoms. The topological polar surface area (TPSA) is 78.6 Å². The molecule has 0 aliphatic rings. The number of hydrogen-bond acceptors (Lipinski definition) is 6. The van der Waals surface area contributed by atoms with Crippen molar-refractivity contribution in [1.82, 2.24) is 0 Å². The first-order chi connectivity index (χ1) is 9.37. The largest absolute Gasteiger partial charge is 0.497 e. The zero-order valence-electron chi connectivity index (χ0n) is 12.0. The van der Waals surface area contributed by atoms with Crippen molar-refractivity contribution >= 4 is 21.6 Å². The van der Waals surface area contributed by atoms with Crippen LogP contribution in [0, 0.1) is 0 Å². The highest BCUT2D eigenvalue weighted by Crippen LogP contribution is 2.29. The SMILES string of the molecule is COc1ccc(OC)c(C(N)CSCCS(C)(=O)=O)c1. The lowest BCUT2D eigenvalue weighted by Gasteiger charge is -2.16. The van der Waals surface area contributed by atoms with Gasteiger partial charge in [-0.3, -0.25) is 0 Å². The van der Waals surface area contributed by atoms with E-state index in [9.17, 15) is 8.42 Å². The molecule has 0 heterocycles. The monoisotopic (exact) mass is 319 g/mol. The van der Waals surface area contributed by atoms with Gasteiger partial charge in [-0.25, -0.2) is 8.42 Å². The summed E-state index contributed by atoms with van der Waals surface area (Å²) in [5.74, 6) is 2.76. The molecule has 0 saturated carbocycles. The van der Waals surface area contributed by atoms with Gasteiger partial charge in [-0.2, -0.15) is 11.8 Å². The molecule has 1 aromatic carbocycles. The van der Waals surface area contributed by atoms with Gasteiger partial charge < -0.3 is 15.2 Å². The van der Waals surface area contributed by atoms with Crippen molar-refractivity contribution in [2.75, 3.05) is 37.7 Å². The number of benzene rings is 1. The lowest BCUT2D eigenvalue weighted by molar-refractivity contribution is 0.396. The number of hydrogen-bond donors (Lipinski definition) is 1. The highest BCUT2D eigenvalue weighted by Gasteiger charge is 2.14. The summed E-state index contributed by atoms with van der Waals surface area (Å²) in [7, 11) is 0.271. The van der Waals surface area contributed by atoms with E-state index in [0.29, 0.717) is 17.3 Å². The maximum Gasteiger partial charge on any atom is 0.148 e. The first kappa shape index (κ1) is 17.1. The Balaban J connectivity index is 2.64. The number of sulfone groups is 1. The average Bonchev–Trinajstić information content (AvgIpc) is 2.41. The Labute approximate surface area is 124 Å². The van der Waals surface area contributed by atoms with Crippen LogP contribution in [0.2, 0.25) is 0 Å². The van der Waals surface area contributed by atoms with Gasteiger partial charge in [0.1, 0.15) is 21.3 Å². The fourth-order valence-corrected chi connectivity index (χ4v) is 3.92. The van der Waals surface area contributed by atoms with E-state index in [1.165, 1.54) is 18.0 Å². The first-order valence-corrected chi connectivity index (χ1v) is 9.32. The summed E-state index contributed by atoms with van der Waals surface area (Å²) < 4.78 is 32.6. The quantitative estimate of drug-likeness (QED) is 0.731. The fourth-order valence-electron chi connectivity index (χ4n) is 1.64. The Bertz CT molecular complexity index is 531. The van der Waals surface area contributed by atoms with Crippen molar-refractivity contribution in [1.29, 1.82) is 0 Å². The summed E-state index contributed by atoms with van der Waals surface area (Å²) in [4.78, 5) is 0. The zero-order chi connectivity index (χ0) is 15.2. The lowest BCUT2D eigenvalue weighted by atomic mass is 10.1. The molecule has 1 rings (SSSR count). The molecule has 20 heavy (non-hydrogen) atoms. The minimum Gasteiger partial charge on any atom is -0.497 e. The minimum absolute atomic E-state index is 0.166. The molecule has 0 aromatic heterocycles. The van der Waals surface area contributed by atoms with Crippen LogP contribution in [-0.2, 0) is 9.84 Å². The molecule has 0 saturated heterocycles. The third kappa shape index (κ3) is 5.60. The van der Waals surface area contributed by atoms with Crippen LogP contribution in [-0.4, -0.2) is 46.2 Å². The maximum atomic E-state index is 11.0. The van der Waals surface area contributed by atoms with E-state index in [2.05, 4.69) is 0 Å². The minimum atomic E-state index is -2.92. The molecule has 0 fully saturated rings. The van der Waals surface area contributed by atoms with E-state index in [0.717, 1.165) is 11.3 Å². The third-order valence-corrected chi connectivity index (χ3v) is 5.02. The highest BCUT2D eigenvalue weighted by molar-refractivity contribution is 8.00. The van der Waals surface area contributed by atoms with Crippen LogP contribution in [0.5, 0.6) is 11.5 Å². The van der Waals surface area contributed by atoms with Gasteiger partial charge in [0.25, 0.3) is 0 Å².